The van der Waals surface area contributed by atoms with Gasteiger partial charge in [-0.15, -0.1) is 0 Å². The second kappa shape index (κ2) is 5.18. The Morgan fingerprint density at radius 2 is 2.28 bits per heavy atom. The molecule has 5 heteroatoms. The van der Waals surface area contributed by atoms with Crippen LogP contribution in [0.15, 0.2) is 35.1 Å². The molecule has 1 N–H and O–H groups in total. The van der Waals surface area contributed by atoms with E-state index < -0.39 is 0 Å². The van der Waals surface area contributed by atoms with Crippen LogP contribution in [0.1, 0.15) is 24.3 Å². The van der Waals surface area contributed by atoms with Crippen LogP contribution in [0.2, 0.25) is 0 Å². The van der Waals surface area contributed by atoms with Crippen LogP contribution in [-0.2, 0) is 13.2 Å². The van der Waals surface area contributed by atoms with Crippen molar-refractivity contribution in [1.82, 2.24) is 15.5 Å². The van der Waals surface area contributed by atoms with Crippen LogP contribution in [-0.4, -0.2) is 16.2 Å². The summed E-state index contributed by atoms with van der Waals surface area (Å²) in [7, 11) is 0. The van der Waals surface area contributed by atoms with Gasteiger partial charge in [-0.3, -0.25) is 4.98 Å². The van der Waals surface area contributed by atoms with Crippen LogP contribution in [0.5, 0.6) is 5.75 Å². The molecule has 0 atom stereocenters. The summed E-state index contributed by atoms with van der Waals surface area (Å²) in [4.78, 5) is 4.34. The van der Waals surface area contributed by atoms with Crippen LogP contribution in [0.4, 0.5) is 0 Å². The van der Waals surface area contributed by atoms with E-state index >= 15 is 0 Å². The zero-order chi connectivity index (χ0) is 12.2. The Bertz CT molecular complexity index is 477. The third-order valence-electron chi connectivity index (χ3n) is 2.82. The van der Waals surface area contributed by atoms with E-state index in [4.69, 9.17) is 9.26 Å². The summed E-state index contributed by atoms with van der Waals surface area (Å²) in [6.45, 7) is 1.20. The van der Waals surface area contributed by atoms with Crippen molar-refractivity contribution in [2.45, 2.75) is 32.0 Å². The first-order chi connectivity index (χ1) is 8.90. The molecule has 1 fully saturated rings. The van der Waals surface area contributed by atoms with Crippen LogP contribution in [0, 0.1) is 0 Å². The standard InChI is InChI=1S/C13H15N3O2/c1-2-10(1)14-7-11-3-4-12(8-15-11)17-9-13-5-6-16-18-13/h3-6,8,10,14H,1-2,7,9H2. The zero-order valence-electron chi connectivity index (χ0n) is 10.0. The molecule has 18 heavy (non-hydrogen) atoms. The van der Waals surface area contributed by atoms with E-state index in [1.165, 1.54) is 12.8 Å². The first kappa shape index (κ1) is 11.2. The van der Waals surface area contributed by atoms with Crippen molar-refractivity contribution in [2.75, 3.05) is 0 Å². The van der Waals surface area contributed by atoms with Gasteiger partial charge in [0.05, 0.1) is 18.1 Å². The van der Waals surface area contributed by atoms with E-state index in [9.17, 15) is 0 Å². The van der Waals surface area contributed by atoms with Crippen molar-refractivity contribution in [3.63, 3.8) is 0 Å². The third kappa shape index (κ3) is 3.07. The fourth-order valence-electron chi connectivity index (χ4n) is 1.61. The highest BCUT2D eigenvalue weighted by atomic mass is 16.5. The molecule has 2 heterocycles. The fraction of sp³-hybridized carbons (Fsp3) is 0.385. The summed E-state index contributed by atoms with van der Waals surface area (Å²) in [5.41, 5.74) is 1.04. The van der Waals surface area contributed by atoms with Gasteiger partial charge in [-0.25, -0.2) is 0 Å². The van der Waals surface area contributed by atoms with Crippen LogP contribution >= 0.6 is 0 Å². The number of pyridine rings is 1. The molecule has 5 nitrogen and oxygen atoms in total. The lowest BCUT2D eigenvalue weighted by molar-refractivity contribution is 0.248. The van der Waals surface area contributed by atoms with Crippen molar-refractivity contribution in [1.29, 1.82) is 0 Å². The highest BCUT2D eigenvalue weighted by Gasteiger charge is 2.19. The molecule has 0 bridgehead atoms. The Morgan fingerprint density at radius 1 is 1.33 bits per heavy atom. The lowest BCUT2D eigenvalue weighted by atomic mass is 10.3. The van der Waals surface area contributed by atoms with E-state index in [0.29, 0.717) is 18.4 Å². The average molecular weight is 245 g/mol. The number of ether oxygens (including phenoxy) is 1. The Labute approximate surface area is 105 Å². The Kier molecular flexibility index (Phi) is 3.23. The quantitative estimate of drug-likeness (QED) is 0.842. The van der Waals surface area contributed by atoms with Crippen LogP contribution < -0.4 is 10.1 Å². The van der Waals surface area contributed by atoms with Crippen molar-refractivity contribution < 1.29 is 9.26 Å². The molecular formula is C13H15N3O2. The zero-order valence-corrected chi connectivity index (χ0v) is 10.0. The molecule has 2 aromatic rings. The monoisotopic (exact) mass is 245 g/mol. The molecule has 94 valence electrons. The molecule has 1 saturated carbocycles. The largest absolute Gasteiger partial charge is 0.484 e. The maximum atomic E-state index is 5.53. The number of hydrogen-bond acceptors (Lipinski definition) is 5. The van der Waals surface area contributed by atoms with Gasteiger partial charge >= 0.3 is 0 Å². The summed E-state index contributed by atoms with van der Waals surface area (Å²) in [5, 5.41) is 7.04. The maximum Gasteiger partial charge on any atom is 0.174 e. The first-order valence-corrected chi connectivity index (χ1v) is 6.11. The van der Waals surface area contributed by atoms with Crippen molar-refractivity contribution in [3.8, 4) is 5.75 Å². The van der Waals surface area contributed by atoms with E-state index in [0.717, 1.165) is 18.0 Å². The molecule has 1 aliphatic carbocycles. The van der Waals surface area contributed by atoms with Gasteiger partial charge in [0, 0.05) is 18.7 Å². The molecular weight excluding hydrogens is 230 g/mol. The molecule has 3 rings (SSSR count). The van der Waals surface area contributed by atoms with E-state index in [1.54, 1.807) is 18.5 Å². The van der Waals surface area contributed by atoms with Gasteiger partial charge < -0.3 is 14.6 Å². The van der Waals surface area contributed by atoms with Crippen LogP contribution in [0.3, 0.4) is 0 Å². The van der Waals surface area contributed by atoms with Gasteiger partial charge in [0.2, 0.25) is 0 Å². The molecule has 0 radical (unpaired) electrons. The minimum atomic E-state index is 0.376. The molecule has 0 aromatic carbocycles. The first-order valence-electron chi connectivity index (χ1n) is 6.11. The summed E-state index contributed by atoms with van der Waals surface area (Å²) >= 11 is 0. The smallest absolute Gasteiger partial charge is 0.174 e. The maximum absolute atomic E-state index is 5.53. The van der Waals surface area contributed by atoms with Gasteiger partial charge in [0.25, 0.3) is 0 Å². The minimum absolute atomic E-state index is 0.376. The van der Waals surface area contributed by atoms with Gasteiger partial charge in [0.15, 0.2) is 5.76 Å². The topological polar surface area (TPSA) is 60.2 Å². The Balaban J connectivity index is 1.50. The summed E-state index contributed by atoms with van der Waals surface area (Å²) in [6.07, 6.45) is 5.92. The lowest BCUT2D eigenvalue weighted by Gasteiger charge is -2.05. The number of rotatable bonds is 6. The van der Waals surface area contributed by atoms with Gasteiger partial charge in [-0.1, -0.05) is 5.16 Å². The summed E-state index contributed by atoms with van der Waals surface area (Å²) in [5.74, 6) is 1.44. The second-order valence-electron chi connectivity index (χ2n) is 4.41. The van der Waals surface area contributed by atoms with Crippen molar-refractivity contribution >= 4 is 0 Å². The van der Waals surface area contributed by atoms with Gasteiger partial charge in [-0.2, -0.15) is 0 Å². The SMILES string of the molecule is c1cc(COc2ccc(CNC3CC3)nc2)on1. The molecule has 0 saturated heterocycles. The number of nitrogens with one attached hydrogen (secondary N) is 1. The number of hydrogen-bond donors (Lipinski definition) is 1. The van der Waals surface area contributed by atoms with Crippen LogP contribution in [0.25, 0.3) is 0 Å². The second-order valence-corrected chi connectivity index (χ2v) is 4.41. The fourth-order valence-corrected chi connectivity index (χ4v) is 1.61. The predicted molar refractivity (Wildman–Crippen MR) is 64.9 cm³/mol. The highest BCUT2D eigenvalue weighted by Crippen LogP contribution is 2.19. The lowest BCUT2D eigenvalue weighted by Crippen LogP contribution is -2.16. The predicted octanol–water partition coefficient (Wildman–Crippen LogP) is 1.90. The Morgan fingerprint density at radius 3 is 2.94 bits per heavy atom. The van der Waals surface area contributed by atoms with Crippen molar-refractivity contribution in [2.24, 2.45) is 0 Å². The summed E-state index contributed by atoms with van der Waals surface area (Å²) < 4.78 is 10.5. The minimum Gasteiger partial charge on any atom is -0.484 e. The van der Waals surface area contributed by atoms with E-state index in [-0.39, 0.29) is 0 Å². The van der Waals surface area contributed by atoms with E-state index in [1.807, 2.05) is 12.1 Å². The number of aromatic nitrogens is 2. The van der Waals surface area contributed by atoms with Gasteiger partial charge in [-0.05, 0) is 25.0 Å². The Hall–Kier alpha value is -1.88. The van der Waals surface area contributed by atoms with Crippen molar-refractivity contribution in [3.05, 3.63) is 42.0 Å². The molecule has 0 aliphatic heterocycles. The normalized spacial score (nSPS) is 14.7. The molecule has 1 aliphatic rings. The highest BCUT2D eigenvalue weighted by molar-refractivity contribution is 5.20. The number of nitrogens with zero attached hydrogens (tertiary/aromatic N) is 2. The third-order valence-corrected chi connectivity index (χ3v) is 2.82. The average Bonchev–Trinajstić information content (AvgIpc) is 3.09. The summed E-state index contributed by atoms with van der Waals surface area (Å²) in [6, 6.07) is 6.38. The molecule has 0 spiro atoms. The molecule has 0 unspecified atom stereocenters. The van der Waals surface area contributed by atoms with Gasteiger partial charge in [0.1, 0.15) is 12.4 Å². The van der Waals surface area contributed by atoms with E-state index in [2.05, 4.69) is 15.5 Å². The molecule has 0 amide bonds. The molecule has 2 aromatic heterocycles.